The van der Waals surface area contributed by atoms with E-state index in [0.29, 0.717) is 36.0 Å². The fourth-order valence-corrected chi connectivity index (χ4v) is 3.49. The number of carbonyl (C=O) groups excluding carboxylic acids is 2. The van der Waals surface area contributed by atoms with E-state index in [9.17, 15) is 33.6 Å². The summed E-state index contributed by atoms with van der Waals surface area (Å²) in [6, 6.07) is 20.0. The first kappa shape index (κ1) is 54.1. The number of fused-ring (bicyclic) bond motifs is 1. The number of carboxylic acids is 5. The predicted molar refractivity (Wildman–Crippen MR) is 206 cm³/mol. The summed E-state index contributed by atoms with van der Waals surface area (Å²) in [7, 11) is 0. The number of ether oxygens (including phenoxy) is 1. The van der Waals surface area contributed by atoms with Crippen molar-refractivity contribution in [2.75, 3.05) is 33.0 Å². The summed E-state index contributed by atoms with van der Waals surface area (Å²) < 4.78 is 4.35. The van der Waals surface area contributed by atoms with Crippen LogP contribution in [0.3, 0.4) is 0 Å². The van der Waals surface area contributed by atoms with Crippen molar-refractivity contribution >= 4 is 41.8 Å². The standard InChI is InChI=1S/C8H6O4.C8H4O3.C7H6O2.C6H10O4.C6H14O3.C5H12O2/c9-7(10)5-2-1-3-6(4-5)8(11)12;9-7-5-3-1-2-4-6(5)8(10)11-7;8-7(9)6-4-2-1-3-5-6;7-5(8)3-1-2-4-6(9)10;1-2-6(3-7,4-8)5-9;1-5(2,3-6)4-7/h1-4H,(H,9,10)(H,11,12);1-4H;1-5H,(H,8,9);1-4H2,(H,7,8)(H,9,10);7-9H,2-5H2,1H3;6-7H,3-4H2,1-2H3. The van der Waals surface area contributed by atoms with Gasteiger partial charge < -0.3 is 55.8 Å². The van der Waals surface area contributed by atoms with Gasteiger partial charge in [0.05, 0.1) is 60.9 Å². The molecule has 0 saturated carbocycles. The van der Waals surface area contributed by atoms with Crippen LogP contribution in [0.4, 0.5) is 0 Å². The summed E-state index contributed by atoms with van der Waals surface area (Å²) in [6.07, 6.45) is 1.61. The highest BCUT2D eigenvalue weighted by Crippen LogP contribution is 2.19. The molecular weight excluding hydrogens is 768 g/mol. The molecule has 0 saturated heterocycles. The Hall–Kier alpha value is -6.05. The van der Waals surface area contributed by atoms with Crippen molar-refractivity contribution in [1.82, 2.24) is 0 Å². The van der Waals surface area contributed by atoms with E-state index >= 15 is 0 Å². The van der Waals surface area contributed by atoms with Crippen molar-refractivity contribution in [3.63, 3.8) is 0 Å². The molecular formula is C40H52O18. The molecule has 58 heavy (non-hydrogen) atoms. The Bertz CT molecular complexity index is 1630. The normalized spacial score (nSPS) is 11.0. The lowest BCUT2D eigenvalue weighted by Gasteiger charge is -2.24. The highest BCUT2D eigenvalue weighted by molar-refractivity contribution is 6.14. The fourth-order valence-electron chi connectivity index (χ4n) is 3.49. The topological polar surface area (TPSA) is 331 Å². The number of benzene rings is 3. The van der Waals surface area contributed by atoms with Crippen molar-refractivity contribution in [1.29, 1.82) is 0 Å². The quantitative estimate of drug-likeness (QED) is 0.0631. The van der Waals surface area contributed by atoms with E-state index in [1.165, 1.54) is 18.2 Å². The molecule has 320 valence electrons. The van der Waals surface area contributed by atoms with Crippen LogP contribution in [0.1, 0.15) is 105 Å². The first-order valence-electron chi connectivity index (χ1n) is 17.4. The number of cyclic esters (lactones) is 2. The monoisotopic (exact) mass is 820 g/mol. The number of carboxylic acid groups (broad SMARTS) is 5. The van der Waals surface area contributed by atoms with Gasteiger partial charge in [-0.1, -0.05) is 57.2 Å². The molecule has 0 amide bonds. The fraction of sp³-hybridized carbons (Fsp3) is 0.375. The van der Waals surface area contributed by atoms with Crippen molar-refractivity contribution in [2.45, 2.75) is 52.9 Å². The summed E-state index contributed by atoms with van der Waals surface area (Å²) in [4.78, 5) is 72.4. The molecule has 0 aromatic heterocycles. The third kappa shape index (κ3) is 23.1. The molecule has 0 unspecified atom stereocenters. The summed E-state index contributed by atoms with van der Waals surface area (Å²) in [6.45, 7) is 5.04. The molecule has 0 fully saturated rings. The Morgan fingerprint density at radius 2 is 0.862 bits per heavy atom. The van der Waals surface area contributed by atoms with Crippen LogP contribution in [-0.2, 0) is 14.3 Å². The number of carbonyl (C=O) groups is 7. The summed E-state index contributed by atoms with van der Waals surface area (Å²) in [5, 5.41) is 84.5. The second-order valence-electron chi connectivity index (χ2n) is 12.9. The van der Waals surface area contributed by atoms with E-state index in [4.69, 9.17) is 51.1 Å². The van der Waals surface area contributed by atoms with Gasteiger partial charge in [-0.15, -0.1) is 0 Å². The minimum Gasteiger partial charge on any atom is -0.481 e. The molecule has 0 spiro atoms. The van der Waals surface area contributed by atoms with Crippen molar-refractivity contribution in [3.05, 3.63) is 107 Å². The first-order valence-corrected chi connectivity index (χ1v) is 17.4. The highest BCUT2D eigenvalue weighted by Gasteiger charge is 2.28. The Labute approximate surface area is 334 Å². The lowest BCUT2D eigenvalue weighted by Crippen LogP contribution is -2.32. The van der Waals surface area contributed by atoms with Crippen LogP contribution < -0.4 is 0 Å². The first-order chi connectivity index (χ1) is 27.2. The van der Waals surface area contributed by atoms with Crippen molar-refractivity contribution in [3.8, 4) is 0 Å². The van der Waals surface area contributed by atoms with Crippen LogP contribution in [0, 0.1) is 10.8 Å². The van der Waals surface area contributed by atoms with E-state index in [0.717, 1.165) is 6.07 Å². The van der Waals surface area contributed by atoms with Gasteiger partial charge in [0.2, 0.25) is 0 Å². The summed E-state index contributed by atoms with van der Waals surface area (Å²) in [5.74, 6) is -5.97. The van der Waals surface area contributed by atoms with E-state index in [-0.39, 0.29) is 62.4 Å². The maximum Gasteiger partial charge on any atom is 0.346 e. The van der Waals surface area contributed by atoms with Crippen molar-refractivity contribution < 1.29 is 89.4 Å². The average molecular weight is 821 g/mol. The van der Waals surface area contributed by atoms with Gasteiger partial charge in [-0.2, -0.15) is 0 Å². The molecule has 0 atom stereocenters. The van der Waals surface area contributed by atoms with E-state index in [1.807, 2.05) is 6.92 Å². The minimum absolute atomic E-state index is 0.0186. The third-order valence-corrected chi connectivity index (χ3v) is 7.57. The average Bonchev–Trinajstić information content (AvgIpc) is 3.51. The molecule has 0 aliphatic carbocycles. The molecule has 18 nitrogen and oxygen atoms in total. The van der Waals surface area contributed by atoms with Crippen molar-refractivity contribution in [2.24, 2.45) is 10.8 Å². The van der Waals surface area contributed by atoms with Gasteiger partial charge in [0, 0.05) is 23.7 Å². The number of hydrogen-bond acceptors (Lipinski definition) is 13. The van der Waals surface area contributed by atoms with Gasteiger partial charge in [-0.05, 0) is 61.7 Å². The molecule has 3 aromatic rings. The number of aliphatic hydroxyl groups excluding tert-OH is 5. The smallest absolute Gasteiger partial charge is 0.346 e. The molecule has 1 aliphatic rings. The maximum atomic E-state index is 10.8. The maximum absolute atomic E-state index is 10.8. The van der Waals surface area contributed by atoms with E-state index < -0.39 is 47.2 Å². The highest BCUT2D eigenvalue weighted by atomic mass is 16.6. The number of esters is 2. The summed E-state index contributed by atoms with van der Waals surface area (Å²) >= 11 is 0. The molecule has 18 heteroatoms. The van der Waals surface area contributed by atoms with Crippen LogP contribution in [0.5, 0.6) is 0 Å². The molecule has 3 aromatic carbocycles. The zero-order chi connectivity index (χ0) is 44.9. The molecule has 0 radical (unpaired) electrons. The molecule has 1 aliphatic heterocycles. The van der Waals surface area contributed by atoms with Crippen LogP contribution >= 0.6 is 0 Å². The number of aliphatic carboxylic acids is 2. The van der Waals surface area contributed by atoms with Crippen LogP contribution in [0.2, 0.25) is 0 Å². The number of rotatable bonds is 14. The lowest BCUT2D eigenvalue weighted by atomic mass is 9.88. The Morgan fingerprint density at radius 1 is 0.517 bits per heavy atom. The Balaban J connectivity index is 0. The van der Waals surface area contributed by atoms with E-state index in [2.05, 4.69) is 4.74 Å². The Morgan fingerprint density at radius 3 is 1.10 bits per heavy atom. The molecule has 1 heterocycles. The van der Waals surface area contributed by atoms with Crippen LogP contribution in [0.25, 0.3) is 0 Å². The van der Waals surface area contributed by atoms with Gasteiger partial charge in [0.15, 0.2) is 0 Å². The second kappa shape index (κ2) is 29.2. The Kier molecular flexibility index (Phi) is 27.2. The third-order valence-electron chi connectivity index (χ3n) is 7.57. The number of aliphatic hydroxyl groups is 5. The largest absolute Gasteiger partial charge is 0.481 e. The predicted octanol–water partition coefficient (Wildman–Crippen LogP) is 3.54. The zero-order valence-electron chi connectivity index (χ0n) is 32.3. The SMILES string of the molecule is CC(C)(CO)CO.CCC(CO)(CO)CO.O=C(O)CCCCC(=O)O.O=C(O)c1cccc(C(=O)O)c1.O=C(O)c1ccccc1.O=C1OC(=O)c2ccccc21. The lowest BCUT2D eigenvalue weighted by molar-refractivity contribution is -0.139. The zero-order valence-corrected chi connectivity index (χ0v) is 32.3. The number of unbranched alkanes of at least 4 members (excludes halogenated alkanes) is 1. The molecule has 10 N–H and O–H groups in total. The van der Waals surface area contributed by atoms with Gasteiger partial charge in [0.25, 0.3) is 0 Å². The molecule has 4 rings (SSSR count). The minimum atomic E-state index is -1.13. The van der Waals surface area contributed by atoms with E-state index in [1.54, 1.807) is 68.4 Å². The molecule has 0 bridgehead atoms. The van der Waals surface area contributed by atoms with Gasteiger partial charge >= 0.3 is 41.8 Å². The van der Waals surface area contributed by atoms with Crippen LogP contribution in [-0.4, -0.2) is 126 Å². The van der Waals surface area contributed by atoms with Crippen LogP contribution in [0.15, 0.2) is 78.9 Å². The van der Waals surface area contributed by atoms with Gasteiger partial charge in [0.1, 0.15) is 0 Å². The van der Waals surface area contributed by atoms with Gasteiger partial charge in [-0.3, -0.25) is 9.59 Å². The second-order valence-corrected chi connectivity index (χ2v) is 12.9. The number of aromatic carboxylic acids is 3. The summed E-state index contributed by atoms with van der Waals surface area (Å²) in [5.41, 5.74) is 0.0392. The van der Waals surface area contributed by atoms with Gasteiger partial charge in [-0.25, -0.2) is 24.0 Å². The number of hydrogen-bond donors (Lipinski definition) is 10.